The van der Waals surface area contributed by atoms with E-state index in [-0.39, 0.29) is 0 Å². The molecule has 1 aromatic rings. The van der Waals surface area contributed by atoms with Crippen molar-refractivity contribution in [3.63, 3.8) is 0 Å². The molecule has 0 saturated heterocycles. The van der Waals surface area contributed by atoms with Crippen molar-refractivity contribution in [3.05, 3.63) is 15.4 Å². The molecule has 0 spiro atoms. The normalized spacial score (nSPS) is 19.9. The van der Waals surface area contributed by atoms with Crippen LogP contribution in [-0.4, -0.2) is 10.6 Å². The average Bonchev–Trinajstić information content (AvgIpc) is 2.46. The maximum atomic E-state index is 4.85. The van der Waals surface area contributed by atoms with Gasteiger partial charge in [0.05, 0.1) is 0 Å². The van der Waals surface area contributed by atoms with E-state index in [4.69, 9.17) is 4.99 Å². The van der Waals surface area contributed by atoms with Crippen molar-refractivity contribution < 1.29 is 0 Å². The minimum atomic E-state index is 0.375. The van der Waals surface area contributed by atoms with Crippen LogP contribution < -0.4 is 4.80 Å². The van der Waals surface area contributed by atoms with Crippen LogP contribution >= 0.6 is 11.3 Å². The second-order valence-electron chi connectivity index (χ2n) is 7.14. The summed E-state index contributed by atoms with van der Waals surface area (Å²) in [5, 5.41) is 0. The minimum Gasteiger partial charge on any atom is -0.318 e. The van der Waals surface area contributed by atoms with Crippen LogP contribution in [0.2, 0.25) is 0 Å². The van der Waals surface area contributed by atoms with Crippen molar-refractivity contribution in [3.8, 4) is 0 Å². The fraction of sp³-hybridized carbons (Fsp3) is 0.812. The summed E-state index contributed by atoms with van der Waals surface area (Å²) in [6.45, 7) is 13.7. The molecule has 1 aromatic heterocycles. The number of rotatable bonds is 2. The van der Waals surface area contributed by atoms with Crippen LogP contribution in [0.4, 0.5) is 0 Å². The van der Waals surface area contributed by atoms with Crippen LogP contribution in [0.1, 0.15) is 71.0 Å². The molecule has 0 bridgehead atoms. The van der Waals surface area contributed by atoms with E-state index in [0.29, 0.717) is 17.5 Å². The summed E-state index contributed by atoms with van der Waals surface area (Å²) < 4.78 is 2.49. The summed E-state index contributed by atoms with van der Waals surface area (Å²) in [5.41, 5.74) is 2.00. The Morgan fingerprint density at radius 2 is 1.89 bits per heavy atom. The fourth-order valence-electron chi connectivity index (χ4n) is 2.97. The Balaban J connectivity index is 2.56. The predicted octanol–water partition coefficient (Wildman–Crippen LogP) is 4.34. The maximum Gasteiger partial charge on any atom is 0.185 e. The number of aromatic nitrogens is 1. The van der Waals surface area contributed by atoms with E-state index in [1.54, 1.807) is 10.6 Å². The second kappa shape index (κ2) is 5.43. The van der Waals surface area contributed by atoms with E-state index in [1.807, 2.05) is 11.3 Å². The summed E-state index contributed by atoms with van der Waals surface area (Å²) in [7, 11) is 0. The zero-order valence-electron chi connectivity index (χ0n) is 13.3. The van der Waals surface area contributed by atoms with Gasteiger partial charge in [-0.3, -0.25) is 4.99 Å². The standard InChI is InChI=1S/C16H28N2S/c1-11(2)17-15-18(12(3)4)13-8-7-9-16(5,6)10-14(13)19-15/h11-12H,7-10H2,1-6H3. The largest absolute Gasteiger partial charge is 0.318 e. The van der Waals surface area contributed by atoms with Crippen LogP contribution in [0.3, 0.4) is 0 Å². The molecule has 1 aliphatic carbocycles. The van der Waals surface area contributed by atoms with Crippen molar-refractivity contribution in [2.75, 3.05) is 0 Å². The molecule has 0 saturated carbocycles. The second-order valence-corrected chi connectivity index (χ2v) is 8.20. The van der Waals surface area contributed by atoms with Gasteiger partial charge in [0.1, 0.15) is 0 Å². The Hall–Kier alpha value is -0.570. The lowest BCUT2D eigenvalue weighted by molar-refractivity contribution is 0.334. The Morgan fingerprint density at radius 1 is 1.21 bits per heavy atom. The molecular formula is C16H28N2S. The Kier molecular flexibility index (Phi) is 4.24. The first-order valence-corrected chi connectivity index (χ1v) is 8.39. The van der Waals surface area contributed by atoms with Crippen LogP contribution in [0.25, 0.3) is 0 Å². The third-order valence-corrected chi connectivity index (χ3v) is 4.94. The lowest BCUT2D eigenvalue weighted by atomic mass is 9.85. The van der Waals surface area contributed by atoms with Gasteiger partial charge < -0.3 is 4.57 Å². The molecule has 0 unspecified atom stereocenters. The van der Waals surface area contributed by atoms with E-state index >= 15 is 0 Å². The zero-order valence-corrected chi connectivity index (χ0v) is 14.1. The number of fused-ring (bicyclic) bond motifs is 1. The lowest BCUT2D eigenvalue weighted by Gasteiger charge is -2.21. The highest BCUT2D eigenvalue weighted by Crippen LogP contribution is 2.35. The SMILES string of the molecule is CC(C)N=c1sc2c(n1C(C)C)CCCC(C)(C)C2. The van der Waals surface area contributed by atoms with E-state index in [9.17, 15) is 0 Å². The van der Waals surface area contributed by atoms with Gasteiger partial charge in [-0.2, -0.15) is 0 Å². The molecule has 0 radical (unpaired) electrons. The molecule has 1 heterocycles. The van der Waals surface area contributed by atoms with Gasteiger partial charge in [0.15, 0.2) is 4.80 Å². The number of hydrogen-bond acceptors (Lipinski definition) is 2. The molecular weight excluding hydrogens is 252 g/mol. The zero-order chi connectivity index (χ0) is 14.2. The van der Waals surface area contributed by atoms with Gasteiger partial charge in [0, 0.05) is 22.7 Å². The summed E-state index contributed by atoms with van der Waals surface area (Å²) in [4.78, 5) is 7.65. The predicted molar refractivity (Wildman–Crippen MR) is 83.8 cm³/mol. The first-order chi connectivity index (χ1) is 8.80. The summed E-state index contributed by atoms with van der Waals surface area (Å²) in [5.74, 6) is 0. The molecule has 1 aliphatic rings. The smallest absolute Gasteiger partial charge is 0.185 e. The molecule has 0 N–H and O–H groups in total. The summed E-state index contributed by atoms with van der Waals surface area (Å²) in [6, 6.07) is 0.888. The van der Waals surface area contributed by atoms with E-state index in [2.05, 4.69) is 46.1 Å². The average molecular weight is 280 g/mol. The number of hydrogen-bond donors (Lipinski definition) is 0. The van der Waals surface area contributed by atoms with E-state index < -0.39 is 0 Å². The van der Waals surface area contributed by atoms with Gasteiger partial charge in [0.25, 0.3) is 0 Å². The van der Waals surface area contributed by atoms with Crippen molar-refractivity contribution in [2.24, 2.45) is 10.4 Å². The molecule has 0 atom stereocenters. The van der Waals surface area contributed by atoms with Crippen LogP contribution in [0.5, 0.6) is 0 Å². The fourth-order valence-corrected chi connectivity index (χ4v) is 4.65. The van der Waals surface area contributed by atoms with Crippen molar-refractivity contribution in [2.45, 2.75) is 79.3 Å². The number of thiazole rings is 1. The van der Waals surface area contributed by atoms with E-state index in [1.165, 1.54) is 30.5 Å². The summed E-state index contributed by atoms with van der Waals surface area (Å²) >= 11 is 1.93. The maximum absolute atomic E-state index is 4.85. The highest BCUT2D eigenvalue weighted by molar-refractivity contribution is 7.09. The molecule has 0 aliphatic heterocycles. The molecule has 0 fully saturated rings. The highest BCUT2D eigenvalue weighted by atomic mass is 32.1. The molecule has 2 nitrogen and oxygen atoms in total. The van der Waals surface area contributed by atoms with Gasteiger partial charge >= 0.3 is 0 Å². The van der Waals surface area contributed by atoms with E-state index in [0.717, 1.165) is 0 Å². The first-order valence-electron chi connectivity index (χ1n) is 7.57. The molecule has 0 amide bonds. The van der Waals surface area contributed by atoms with Gasteiger partial charge in [-0.1, -0.05) is 13.8 Å². The van der Waals surface area contributed by atoms with Crippen molar-refractivity contribution >= 4 is 11.3 Å². The van der Waals surface area contributed by atoms with Crippen molar-refractivity contribution in [1.29, 1.82) is 0 Å². The Labute approximate surface area is 121 Å². The quantitative estimate of drug-likeness (QED) is 0.717. The first kappa shape index (κ1) is 14.8. The van der Waals surface area contributed by atoms with Gasteiger partial charge in [0.2, 0.25) is 0 Å². The van der Waals surface area contributed by atoms with Crippen LogP contribution in [-0.2, 0) is 12.8 Å². The van der Waals surface area contributed by atoms with Gasteiger partial charge in [-0.05, 0) is 58.8 Å². The third-order valence-electron chi connectivity index (χ3n) is 3.82. The highest BCUT2D eigenvalue weighted by Gasteiger charge is 2.27. The van der Waals surface area contributed by atoms with Crippen molar-refractivity contribution in [1.82, 2.24) is 4.57 Å². The van der Waals surface area contributed by atoms with Gasteiger partial charge in [-0.15, -0.1) is 11.3 Å². The van der Waals surface area contributed by atoms with Gasteiger partial charge in [-0.25, -0.2) is 0 Å². The Morgan fingerprint density at radius 3 is 2.47 bits per heavy atom. The third kappa shape index (κ3) is 3.31. The number of nitrogens with zero attached hydrogens (tertiary/aromatic N) is 2. The molecule has 19 heavy (non-hydrogen) atoms. The molecule has 108 valence electrons. The van der Waals surface area contributed by atoms with Crippen LogP contribution in [0, 0.1) is 5.41 Å². The minimum absolute atomic E-state index is 0.375. The topological polar surface area (TPSA) is 17.3 Å². The monoisotopic (exact) mass is 280 g/mol. The molecule has 3 heteroatoms. The molecule has 0 aromatic carbocycles. The Bertz CT molecular complexity index is 503. The lowest BCUT2D eigenvalue weighted by Crippen LogP contribution is -2.21. The van der Waals surface area contributed by atoms with Crippen LogP contribution in [0.15, 0.2) is 4.99 Å². The summed E-state index contributed by atoms with van der Waals surface area (Å²) in [6.07, 6.45) is 5.09. The molecule has 2 rings (SSSR count).